The predicted molar refractivity (Wildman–Crippen MR) is 47.3 cm³/mol. The Morgan fingerprint density at radius 2 is 2.08 bits per heavy atom. The summed E-state index contributed by atoms with van der Waals surface area (Å²) in [4.78, 5) is 0. The smallest absolute Gasteiger partial charge is 0.109 e. The molecule has 0 aromatic heterocycles. The van der Waals surface area contributed by atoms with Gasteiger partial charge in [0.1, 0.15) is 12.2 Å². The number of aliphatic hydroxyl groups excluding tert-OH is 3. The standard InChI is InChI=1S/C9H18O4/c1-2-3-6-4-7(11)9(12)8(5-10)13-6/h6-12H,2-5H2,1H3/t6-,7-,8-,9-/m1/s1. The van der Waals surface area contributed by atoms with Gasteiger partial charge in [0, 0.05) is 6.42 Å². The van der Waals surface area contributed by atoms with Crippen LogP contribution in [0.5, 0.6) is 0 Å². The minimum Gasteiger partial charge on any atom is -0.394 e. The van der Waals surface area contributed by atoms with Crippen LogP contribution in [0.4, 0.5) is 0 Å². The first-order chi connectivity index (χ1) is 6.19. The Morgan fingerprint density at radius 3 is 2.62 bits per heavy atom. The van der Waals surface area contributed by atoms with Crippen molar-refractivity contribution in [1.29, 1.82) is 0 Å². The van der Waals surface area contributed by atoms with Crippen LogP contribution < -0.4 is 0 Å². The van der Waals surface area contributed by atoms with Gasteiger partial charge in [0.2, 0.25) is 0 Å². The maximum absolute atomic E-state index is 9.44. The van der Waals surface area contributed by atoms with Crippen molar-refractivity contribution >= 4 is 0 Å². The van der Waals surface area contributed by atoms with E-state index in [1.54, 1.807) is 0 Å². The Bertz CT molecular complexity index is 151. The summed E-state index contributed by atoms with van der Waals surface area (Å²) in [6.07, 6.45) is -0.0568. The third-order valence-electron chi connectivity index (χ3n) is 2.44. The molecule has 4 nitrogen and oxygen atoms in total. The first-order valence-corrected chi connectivity index (χ1v) is 4.81. The van der Waals surface area contributed by atoms with Crippen molar-refractivity contribution < 1.29 is 20.1 Å². The molecule has 3 N–H and O–H groups in total. The molecule has 0 unspecified atom stereocenters. The molecule has 1 heterocycles. The molecule has 0 saturated carbocycles. The first-order valence-electron chi connectivity index (χ1n) is 4.81. The van der Waals surface area contributed by atoms with Crippen LogP contribution in [0.25, 0.3) is 0 Å². The SMILES string of the molecule is CCC[C@@H]1C[C@@H](O)[C@@H](O)[C@@H](CO)O1. The van der Waals surface area contributed by atoms with Gasteiger partial charge >= 0.3 is 0 Å². The van der Waals surface area contributed by atoms with Gasteiger partial charge in [-0.3, -0.25) is 0 Å². The molecule has 78 valence electrons. The molecule has 0 aliphatic carbocycles. The summed E-state index contributed by atoms with van der Waals surface area (Å²) < 4.78 is 5.40. The second-order valence-electron chi connectivity index (χ2n) is 3.56. The van der Waals surface area contributed by atoms with E-state index in [9.17, 15) is 10.2 Å². The molecular weight excluding hydrogens is 172 g/mol. The zero-order chi connectivity index (χ0) is 9.84. The molecule has 4 heteroatoms. The van der Waals surface area contributed by atoms with E-state index < -0.39 is 18.3 Å². The van der Waals surface area contributed by atoms with Gasteiger partial charge in [0.15, 0.2) is 0 Å². The summed E-state index contributed by atoms with van der Waals surface area (Å²) in [5.74, 6) is 0. The fourth-order valence-electron chi connectivity index (χ4n) is 1.70. The minimum atomic E-state index is -0.946. The van der Waals surface area contributed by atoms with Gasteiger partial charge in [0.25, 0.3) is 0 Å². The van der Waals surface area contributed by atoms with Gasteiger partial charge in [-0.05, 0) is 6.42 Å². The van der Waals surface area contributed by atoms with Crippen molar-refractivity contribution in [3.8, 4) is 0 Å². The van der Waals surface area contributed by atoms with Gasteiger partial charge in [-0.15, -0.1) is 0 Å². The average Bonchev–Trinajstić information content (AvgIpc) is 2.11. The molecule has 1 saturated heterocycles. The topological polar surface area (TPSA) is 69.9 Å². The Hall–Kier alpha value is -0.160. The van der Waals surface area contributed by atoms with Crippen molar-refractivity contribution in [1.82, 2.24) is 0 Å². The lowest BCUT2D eigenvalue weighted by atomic mass is 9.96. The highest BCUT2D eigenvalue weighted by Gasteiger charge is 2.35. The van der Waals surface area contributed by atoms with Gasteiger partial charge in [0.05, 0.1) is 18.8 Å². The Kier molecular flexibility index (Phi) is 4.12. The Balaban J connectivity index is 2.47. The summed E-state index contributed by atoms with van der Waals surface area (Å²) >= 11 is 0. The van der Waals surface area contributed by atoms with E-state index in [0.717, 1.165) is 12.8 Å². The number of ether oxygens (including phenoxy) is 1. The summed E-state index contributed by atoms with van der Waals surface area (Å²) in [5, 5.41) is 27.7. The lowest BCUT2D eigenvalue weighted by Gasteiger charge is -2.36. The zero-order valence-electron chi connectivity index (χ0n) is 7.89. The van der Waals surface area contributed by atoms with Gasteiger partial charge in [-0.25, -0.2) is 0 Å². The van der Waals surface area contributed by atoms with Crippen LogP contribution in [0.2, 0.25) is 0 Å². The van der Waals surface area contributed by atoms with E-state index in [2.05, 4.69) is 0 Å². The van der Waals surface area contributed by atoms with E-state index in [4.69, 9.17) is 9.84 Å². The maximum atomic E-state index is 9.44. The van der Waals surface area contributed by atoms with E-state index >= 15 is 0 Å². The molecule has 1 aliphatic rings. The molecule has 0 aromatic carbocycles. The number of hydrogen-bond donors (Lipinski definition) is 3. The molecule has 0 amide bonds. The monoisotopic (exact) mass is 190 g/mol. The van der Waals surface area contributed by atoms with Crippen LogP contribution in [-0.2, 0) is 4.74 Å². The summed E-state index contributed by atoms with van der Waals surface area (Å²) in [7, 11) is 0. The molecule has 0 radical (unpaired) electrons. The highest BCUT2D eigenvalue weighted by molar-refractivity contribution is 4.84. The van der Waals surface area contributed by atoms with Crippen molar-refractivity contribution in [2.45, 2.75) is 50.6 Å². The van der Waals surface area contributed by atoms with Gasteiger partial charge in [-0.1, -0.05) is 13.3 Å². The lowest BCUT2D eigenvalue weighted by molar-refractivity contribution is -0.180. The Morgan fingerprint density at radius 1 is 1.38 bits per heavy atom. The van der Waals surface area contributed by atoms with Crippen LogP contribution >= 0.6 is 0 Å². The van der Waals surface area contributed by atoms with E-state index in [1.165, 1.54) is 0 Å². The summed E-state index contributed by atoms with van der Waals surface area (Å²) in [6, 6.07) is 0. The zero-order valence-corrected chi connectivity index (χ0v) is 7.89. The number of hydrogen-bond acceptors (Lipinski definition) is 4. The van der Waals surface area contributed by atoms with Crippen molar-refractivity contribution in [2.24, 2.45) is 0 Å². The number of aliphatic hydroxyl groups is 3. The highest BCUT2D eigenvalue weighted by Crippen LogP contribution is 2.22. The van der Waals surface area contributed by atoms with E-state index in [-0.39, 0.29) is 12.7 Å². The molecule has 4 atom stereocenters. The van der Waals surface area contributed by atoms with Crippen LogP contribution in [-0.4, -0.2) is 46.3 Å². The predicted octanol–water partition coefficient (Wildman–Crippen LogP) is -0.342. The summed E-state index contributed by atoms with van der Waals surface area (Å²) in [5.41, 5.74) is 0. The van der Waals surface area contributed by atoms with Crippen LogP contribution in [0.1, 0.15) is 26.2 Å². The van der Waals surface area contributed by atoms with Gasteiger partial charge < -0.3 is 20.1 Å². The molecule has 0 aromatic rings. The second kappa shape index (κ2) is 4.91. The molecule has 1 fully saturated rings. The van der Waals surface area contributed by atoms with Crippen LogP contribution in [0.3, 0.4) is 0 Å². The van der Waals surface area contributed by atoms with Crippen molar-refractivity contribution in [2.75, 3.05) is 6.61 Å². The highest BCUT2D eigenvalue weighted by atomic mass is 16.5. The lowest BCUT2D eigenvalue weighted by Crippen LogP contribution is -2.49. The molecule has 1 aliphatic heterocycles. The Labute approximate surface area is 78.1 Å². The number of rotatable bonds is 3. The molecule has 0 bridgehead atoms. The first kappa shape index (κ1) is 10.9. The normalized spacial score (nSPS) is 40.6. The largest absolute Gasteiger partial charge is 0.394 e. The molecular formula is C9H18O4. The third kappa shape index (κ3) is 2.64. The molecule has 13 heavy (non-hydrogen) atoms. The minimum absolute atomic E-state index is 0.0273. The van der Waals surface area contributed by atoms with Crippen molar-refractivity contribution in [3.05, 3.63) is 0 Å². The van der Waals surface area contributed by atoms with Crippen LogP contribution in [0.15, 0.2) is 0 Å². The van der Waals surface area contributed by atoms with E-state index in [1.807, 2.05) is 6.92 Å². The fraction of sp³-hybridized carbons (Fsp3) is 1.00. The fourth-order valence-corrected chi connectivity index (χ4v) is 1.70. The van der Waals surface area contributed by atoms with E-state index in [0.29, 0.717) is 6.42 Å². The molecule has 1 rings (SSSR count). The maximum Gasteiger partial charge on any atom is 0.109 e. The van der Waals surface area contributed by atoms with Crippen LogP contribution in [0, 0.1) is 0 Å². The van der Waals surface area contributed by atoms with Crippen molar-refractivity contribution in [3.63, 3.8) is 0 Å². The molecule has 0 spiro atoms. The second-order valence-corrected chi connectivity index (χ2v) is 3.56. The summed E-state index contributed by atoms with van der Waals surface area (Å²) in [6.45, 7) is 1.80. The quantitative estimate of drug-likeness (QED) is 0.569. The average molecular weight is 190 g/mol. The van der Waals surface area contributed by atoms with Gasteiger partial charge in [-0.2, -0.15) is 0 Å². The third-order valence-corrected chi connectivity index (χ3v) is 2.44.